The van der Waals surface area contributed by atoms with Crippen molar-refractivity contribution in [1.29, 1.82) is 0 Å². The Labute approximate surface area is 154 Å². The molecule has 7 heteroatoms. The van der Waals surface area contributed by atoms with Crippen molar-refractivity contribution in [2.75, 3.05) is 19.7 Å². The van der Waals surface area contributed by atoms with E-state index in [9.17, 15) is 9.18 Å². The molecule has 0 radical (unpaired) electrons. The van der Waals surface area contributed by atoms with Gasteiger partial charge in [-0.15, -0.1) is 11.3 Å². The number of thiophene rings is 1. The minimum Gasteiger partial charge on any atom is -0.442 e. The third kappa shape index (κ3) is 3.68. The van der Waals surface area contributed by atoms with Crippen molar-refractivity contribution in [3.05, 3.63) is 75.9 Å². The van der Waals surface area contributed by atoms with E-state index < -0.39 is 0 Å². The van der Waals surface area contributed by atoms with Crippen LogP contribution in [-0.2, 0) is 11.2 Å². The Morgan fingerprint density at radius 1 is 1.31 bits per heavy atom. The number of hydrogen-bond acceptors (Lipinski definition) is 5. The largest absolute Gasteiger partial charge is 0.442 e. The summed E-state index contributed by atoms with van der Waals surface area (Å²) in [5, 5.41) is 1.89. The van der Waals surface area contributed by atoms with Gasteiger partial charge in [-0.05, 0) is 29.1 Å². The van der Waals surface area contributed by atoms with E-state index >= 15 is 0 Å². The van der Waals surface area contributed by atoms with Gasteiger partial charge in [-0.1, -0.05) is 18.2 Å². The van der Waals surface area contributed by atoms with Gasteiger partial charge < -0.3 is 14.1 Å². The van der Waals surface area contributed by atoms with Crippen LogP contribution in [-0.4, -0.2) is 35.5 Å². The highest BCUT2D eigenvalue weighted by Gasteiger charge is 2.29. The van der Waals surface area contributed by atoms with E-state index in [1.807, 2.05) is 17.5 Å². The second kappa shape index (κ2) is 7.39. The molecule has 3 heterocycles. The standard InChI is InChI=1S/C19H17FN2O3S/c20-14-5-3-13(4-6-14)10-15-11-21-18(25-15)16-12-22(7-8-24-16)19(23)17-2-1-9-26-17/h1-6,9,11,16H,7-8,10,12H2. The van der Waals surface area contributed by atoms with Gasteiger partial charge >= 0.3 is 0 Å². The topological polar surface area (TPSA) is 55.6 Å². The molecule has 1 amide bonds. The molecule has 1 aliphatic heterocycles. The Balaban J connectivity index is 1.43. The van der Waals surface area contributed by atoms with Crippen LogP contribution in [0.3, 0.4) is 0 Å². The van der Waals surface area contributed by atoms with E-state index in [4.69, 9.17) is 9.15 Å². The van der Waals surface area contributed by atoms with Gasteiger partial charge in [-0.3, -0.25) is 4.79 Å². The first-order valence-electron chi connectivity index (χ1n) is 8.32. The number of carbonyl (C=O) groups excluding carboxylic acids is 1. The fourth-order valence-electron chi connectivity index (χ4n) is 2.90. The number of benzene rings is 1. The molecule has 5 nitrogen and oxygen atoms in total. The molecule has 1 atom stereocenters. The summed E-state index contributed by atoms with van der Waals surface area (Å²) in [6, 6.07) is 9.97. The molecule has 1 saturated heterocycles. The lowest BCUT2D eigenvalue weighted by atomic mass is 10.1. The average molecular weight is 372 g/mol. The lowest BCUT2D eigenvalue weighted by molar-refractivity contribution is -0.0347. The van der Waals surface area contributed by atoms with Crippen molar-refractivity contribution in [3.8, 4) is 0 Å². The molecule has 1 aliphatic rings. The third-order valence-electron chi connectivity index (χ3n) is 4.22. The SMILES string of the molecule is O=C(c1cccs1)N1CCOC(c2ncc(Cc3ccc(F)cc3)o2)C1. The zero-order chi connectivity index (χ0) is 17.9. The first-order valence-corrected chi connectivity index (χ1v) is 9.20. The van der Waals surface area contributed by atoms with Gasteiger partial charge in [0.1, 0.15) is 11.6 Å². The number of nitrogens with zero attached hydrogens (tertiary/aromatic N) is 2. The molecule has 0 saturated carbocycles. The molecule has 4 rings (SSSR count). The lowest BCUT2D eigenvalue weighted by Gasteiger charge is -2.31. The van der Waals surface area contributed by atoms with Crippen molar-refractivity contribution in [2.45, 2.75) is 12.5 Å². The van der Waals surface area contributed by atoms with Crippen molar-refractivity contribution in [2.24, 2.45) is 0 Å². The number of aromatic nitrogens is 1. The minimum atomic E-state index is -0.380. The summed E-state index contributed by atoms with van der Waals surface area (Å²) in [6.07, 6.45) is 1.80. The summed E-state index contributed by atoms with van der Waals surface area (Å²) >= 11 is 1.43. The molecule has 0 spiro atoms. The Morgan fingerprint density at radius 2 is 2.15 bits per heavy atom. The summed E-state index contributed by atoms with van der Waals surface area (Å²) in [5.41, 5.74) is 0.938. The molecular formula is C19H17FN2O3S. The predicted octanol–water partition coefficient (Wildman–Crippen LogP) is 3.68. The van der Waals surface area contributed by atoms with Crippen molar-refractivity contribution < 1.29 is 18.3 Å². The van der Waals surface area contributed by atoms with Crippen molar-refractivity contribution >= 4 is 17.2 Å². The first kappa shape index (κ1) is 16.9. The number of carbonyl (C=O) groups is 1. The summed E-state index contributed by atoms with van der Waals surface area (Å²) in [7, 11) is 0. The van der Waals surface area contributed by atoms with E-state index in [0.29, 0.717) is 37.8 Å². The number of morpholine rings is 1. The molecule has 2 aromatic heterocycles. The number of halogens is 1. The molecule has 26 heavy (non-hydrogen) atoms. The molecule has 1 fully saturated rings. The Kier molecular flexibility index (Phi) is 4.81. The number of hydrogen-bond donors (Lipinski definition) is 0. The van der Waals surface area contributed by atoms with Gasteiger partial charge in [0, 0.05) is 13.0 Å². The third-order valence-corrected chi connectivity index (χ3v) is 5.08. The second-order valence-corrected chi connectivity index (χ2v) is 7.00. The molecular weight excluding hydrogens is 355 g/mol. The fraction of sp³-hybridized carbons (Fsp3) is 0.263. The smallest absolute Gasteiger partial charge is 0.264 e. The Bertz CT molecular complexity index is 877. The maximum Gasteiger partial charge on any atom is 0.264 e. The number of oxazole rings is 1. The molecule has 1 aromatic carbocycles. The normalized spacial score (nSPS) is 17.4. The van der Waals surface area contributed by atoms with Gasteiger partial charge in [0.05, 0.1) is 24.2 Å². The maximum absolute atomic E-state index is 13.0. The predicted molar refractivity (Wildman–Crippen MR) is 94.6 cm³/mol. The quantitative estimate of drug-likeness (QED) is 0.701. The van der Waals surface area contributed by atoms with Crippen LogP contribution in [0.2, 0.25) is 0 Å². The monoisotopic (exact) mass is 372 g/mol. The molecule has 1 unspecified atom stereocenters. The Hall–Kier alpha value is -2.51. The number of ether oxygens (including phenoxy) is 1. The van der Waals surface area contributed by atoms with E-state index in [1.54, 1.807) is 23.2 Å². The van der Waals surface area contributed by atoms with Crippen LogP contribution in [0.4, 0.5) is 4.39 Å². The van der Waals surface area contributed by atoms with Crippen LogP contribution in [0.5, 0.6) is 0 Å². The lowest BCUT2D eigenvalue weighted by Crippen LogP contribution is -2.42. The average Bonchev–Trinajstić information content (AvgIpc) is 3.35. The van der Waals surface area contributed by atoms with Crippen LogP contribution in [0.15, 0.2) is 52.4 Å². The maximum atomic E-state index is 13.0. The molecule has 0 N–H and O–H groups in total. The van der Waals surface area contributed by atoms with E-state index in [2.05, 4.69) is 4.98 Å². The van der Waals surface area contributed by atoms with Gasteiger partial charge in [-0.25, -0.2) is 9.37 Å². The van der Waals surface area contributed by atoms with Crippen LogP contribution in [0, 0.1) is 5.82 Å². The summed E-state index contributed by atoms with van der Waals surface area (Å²) < 4.78 is 24.5. The molecule has 0 aliphatic carbocycles. The van der Waals surface area contributed by atoms with Crippen molar-refractivity contribution in [3.63, 3.8) is 0 Å². The zero-order valence-electron chi connectivity index (χ0n) is 13.9. The van der Waals surface area contributed by atoms with E-state index in [-0.39, 0.29) is 17.8 Å². The molecule has 3 aromatic rings. The minimum absolute atomic E-state index is 0.00592. The first-order chi connectivity index (χ1) is 12.7. The van der Waals surface area contributed by atoms with Gasteiger partial charge in [-0.2, -0.15) is 0 Å². The summed E-state index contributed by atoms with van der Waals surface area (Å²) in [4.78, 5) is 19.3. The summed E-state index contributed by atoms with van der Waals surface area (Å²) in [6.45, 7) is 1.40. The number of amides is 1. The molecule has 0 bridgehead atoms. The van der Waals surface area contributed by atoms with Crippen LogP contribution < -0.4 is 0 Å². The molecule has 134 valence electrons. The van der Waals surface area contributed by atoms with Crippen molar-refractivity contribution in [1.82, 2.24) is 9.88 Å². The van der Waals surface area contributed by atoms with E-state index in [1.165, 1.54) is 23.5 Å². The zero-order valence-corrected chi connectivity index (χ0v) is 14.7. The fourth-order valence-corrected chi connectivity index (χ4v) is 3.59. The highest BCUT2D eigenvalue weighted by molar-refractivity contribution is 7.12. The van der Waals surface area contributed by atoms with E-state index in [0.717, 1.165) is 10.4 Å². The van der Waals surface area contributed by atoms with Gasteiger partial charge in [0.15, 0.2) is 6.10 Å². The van der Waals surface area contributed by atoms with Crippen LogP contribution in [0.25, 0.3) is 0 Å². The van der Waals surface area contributed by atoms with Gasteiger partial charge in [0.2, 0.25) is 5.89 Å². The van der Waals surface area contributed by atoms with Crippen LogP contribution >= 0.6 is 11.3 Å². The number of rotatable bonds is 4. The summed E-state index contributed by atoms with van der Waals surface area (Å²) in [5.74, 6) is 0.882. The second-order valence-electron chi connectivity index (χ2n) is 6.06. The van der Waals surface area contributed by atoms with Crippen LogP contribution in [0.1, 0.15) is 33.0 Å². The highest BCUT2D eigenvalue weighted by atomic mass is 32.1. The highest BCUT2D eigenvalue weighted by Crippen LogP contribution is 2.25. The van der Waals surface area contributed by atoms with Gasteiger partial charge in [0.25, 0.3) is 5.91 Å². The Morgan fingerprint density at radius 3 is 2.92 bits per heavy atom.